The Morgan fingerprint density at radius 3 is 2.96 bits per heavy atom. The van der Waals surface area contributed by atoms with E-state index in [4.69, 9.17) is 0 Å². The van der Waals surface area contributed by atoms with Gasteiger partial charge in [-0.3, -0.25) is 14.5 Å². The molecule has 0 radical (unpaired) electrons. The van der Waals surface area contributed by atoms with Crippen molar-refractivity contribution in [3.8, 4) is 0 Å². The summed E-state index contributed by atoms with van der Waals surface area (Å²) in [7, 11) is 0. The first kappa shape index (κ1) is 18.6. The average Bonchev–Trinajstić information content (AvgIpc) is 3.13. The molecule has 2 aromatic heterocycles. The molecular formula is C22H27N5O. The van der Waals surface area contributed by atoms with Gasteiger partial charge in [0.25, 0.3) is 5.91 Å². The van der Waals surface area contributed by atoms with Gasteiger partial charge in [0.05, 0.1) is 16.8 Å². The number of piperidine rings is 1. The fraction of sp³-hybridized carbons (Fsp3) is 0.455. The van der Waals surface area contributed by atoms with Gasteiger partial charge >= 0.3 is 0 Å². The van der Waals surface area contributed by atoms with Crippen LogP contribution in [0.15, 0.2) is 42.7 Å². The molecule has 28 heavy (non-hydrogen) atoms. The second-order valence-electron chi connectivity index (χ2n) is 8.16. The van der Waals surface area contributed by atoms with Gasteiger partial charge in [0.15, 0.2) is 0 Å². The van der Waals surface area contributed by atoms with Crippen LogP contribution in [0.3, 0.4) is 0 Å². The van der Waals surface area contributed by atoms with Crippen molar-refractivity contribution in [1.29, 1.82) is 0 Å². The number of benzene rings is 1. The first-order chi connectivity index (χ1) is 13.6. The second-order valence-corrected chi connectivity index (χ2v) is 8.16. The third kappa shape index (κ3) is 4.06. The quantitative estimate of drug-likeness (QED) is 0.682. The molecule has 146 valence electrons. The summed E-state index contributed by atoms with van der Waals surface area (Å²) in [6.45, 7) is 6.75. The molecule has 3 aromatic rings. The number of carbonyl (C=O) groups is 1. The predicted molar refractivity (Wildman–Crippen MR) is 109 cm³/mol. The molecule has 1 atom stereocenters. The monoisotopic (exact) mass is 377 g/mol. The Morgan fingerprint density at radius 1 is 1.25 bits per heavy atom. The molecule has 0 spiro atoms. The lowest BCUT2D eigenvalue weighted by Crippen LogP contribution is -2.41. The normalized spacial score (nSPS) is 17.4. The Labute approximate surface area is 165 Å². The van der Waals surface area contributed by atoms with Crippen molar-refractivity contribution in [2.24, 2.45) is 11.8 Å². The average molecular weight is 377 g/mol. The van der Waals surface area contributed by atoms with Crippen LogP contribution >= 0.6 is 0 Å². The fourth-order valence-corrected chi connectivity index (χ4v) is 4.06. The minimum Gasteiger partial charge on any atom is -0.338 e. The van der Waals surface area contributed by atoms with E-state index in [0.29, 0.717) is 11.8 Å². The van der Waals surface area contributed by atoms with Crippen molar-refractivity contribution in [2.75, 3.05) is 13.1 Å². The predicted octanol–water partition coefficient (Wildman–Crippen LogP) is 3.58. The van der Waals surface area contributed by atoms with Crippen LogP contribution in [0.5, 0.6) is 0 Å². The van der Waals surface area contributed by atoms with E-state index in [1.807, 2.05) is 39.9 Å². The zero-order valence-corrected chi connectivity index (χ0v) is 16.6. The zero-order valence-electron chi connectivity index (χ0n) is 16.6. The smallest absolute Gasteiger partial charge is 0.254 e. The Morgan fingerprint density at radius 2 is 2.11 bits per heavy atom. The SMILES string of the molecule is CC(C)Cc1cn(C[C@@H]2CCCN(C(=O)c3ccnc4ccccc34)C2)nn1. The highest BCUT2D eigenvalue weighted by atomic mass is 16.2. The molecular weight excluding hydrogens is 350 g/mol. The van der Waals surface area contributed by atoms with E-state index in [9.17, 15) is 4.79 Å². The van der Waals surface area contributed by atoms with Crippen LogP contribution in [-0.4, -0.2) is 43.9 Å². The maximum absolute atomic E-state index is 13.2. The van der Waals surface area contributed by atoms with Crippen LogP contribution in [0.4, 0.5) is 0 Å². The fourth-order valence-electron chi connectivity index (χ4n) is 4.06. The highest BCUT2D eigenvalue weighted by Crippen LogP contribution is 2.23. The van der Waals surface area contributed by atoms with E-state index < -0.39 is 0 Å². The number of likely N-dealkylation sites (tertiary alicyclic amines) is 1. The molecule has 0 unspecified atom stereocenters. The first-order valence-corrected chi connectivity index (χ1v) is 10.1. The van der Waals surface area contributed by atoms with Gasteiger partial charge in [-0.05, 0) is 43.2 Å². The third-order valence-electron chi connectivity index (χ3n) is 5.33. The van der Waals surface area contributed by atoms with Gasteiger partial charge in [-0.15, -0.1) is 5.10 Å². The molecule has 0 aliphatic carbocycles. The Balaban J connectivity index is 1.46. The Kier molecular flexibility index (Phi) is 5.37. The lowest BCUT2D eigenvalue weighted by atomic mass is 9.97. The molecule has 1 aromatic carbocycles. The van der Waals surface area contributed by atoms with Crippen LogP contribution in [0.1, 0.15) is 42.7 Å². The Bertz CT molecular complexity index is 959. The van der Waals surface area contributed by atoms with Gasteiger partial charge in [0.2, 0.25) is 0 Å². The molecule has 0 saturated carbocycles. The van der Waals surface area contributed by atoms with E-state index in [0.717, 1.165) is 61.1 Å². The highest BCUT2D eigenvalue weighted by Gasteiger charge is 2.26. The van der Waals surface area contributed by atoms with Crippen molar-refractivity contribution >= 4 is 16.8 Å². The standard InChI is InChI=1S/C22H27N5O/c1-16(2)12-18-15-27(25-24-18)14-17-6-5-11-26(13-17)22(28)20-9-10-23-21-8-4-3-7-19(20)21/h3-4,7-10,15-17H,5-6,11-14H2,1-2H3/t17-/m1/s1. The minimum absolute atomic E-state index is 0.0994. The summed E-state index contributed by atoms with van der Waals surface area (Å²) < 4.78 is 1.94. The second kappa shape index (κ2) is 8.09. The highest BCUT2D eigenvalue weighted by molar-refractivity contribution is 6.05. The molecule has 1 aliphatic rings. The van der Waals surface area contributed by atoms with E-state index in [1.54, 1.807) is 6.20 Å². The summed E-state index contributed by atoms with van der Waals surface area (Å²) in [4.78, 5) is 19.6. The number of hydrogen-bond acceptors (Lipinski definition) is 4. The number of fused-ring (bicyclic) bond motifs is 1. The molecule has 6 heteroatoms. The van der Waals surface area contributed by atoms with Crippen molar-refractivity contribution < 1.29 is 4.79 Å². The van der Waals surface area contributed by atoms with Gasteiger partial charge < -0.3 is 4.90 Å². The van der Waals surface area contributed by atoms with Crippen LogP contribution in [0.25, 0.3) is 10.9 Å². The molecule has 3 heterocycles. The number of hydrogen-bond donors (Lipinski definition) is 0. The van der Waals surface area contributed by atoms with Gasteiger partial charge in [0.1, 0.15) is 0 Å². The largest absolute Gasteiger partial charge is 0.338 e. The van der Waals surface area contributed by atoms with Gasteiger partial charge in [-0.25, -0.2) is 0 Å². The van der Waals surface area contributed by atoms with Crippen molar-refractivity contribution in [1.82, 2.24) is 24.9 Å². The van der Waals surface area contributed by atoms with Crippen molar-refractivity contribution in [3.63, 3.8) is 0 Å². The summed E-state index contributed by atoms with van der Waals surface area (Å²) in [6.07, 6.45) is 6.86. The zero-order chi connectivity index (χ0) is 19.5. The topological polar surface area (TPSA) is 63.9 Å². The lowest BCUT2D eigenvalue weighted by Gasteiger charge is -2.33. The molecule has 1 saturated heterocycles. The number of aromatic nitrogens is 4. The molecule has 0 bridgehead atoms. The van der Waals surface area contributed by atoms with Gasteiger partial charge in [-0.1, -0.05) is 37.3 Å². The molecule has 1 aliphatic heterocycles. The molecule has 4 rings (SSSR count). The number of rotatable bonds is 5. The number of pyridine rings is 1. The molecule has 0 N–H and O–H groups in total. The number of carbonyl (C=O) groups excluding carboxylic acids is 1. The van der Waals surface area contributed by atoms with Crippen LogP contribution < -0.4 is 0 Å². The van der Waals surface area contributed by atoms with Gasteiger partial charge in [0, 0.05) is 37.4 Å². The van der Waals surface area contributed by atoms with Crippen molar-refractivity contribution in [2.45, 2.75) is 39.7 Å². The number of para-hydroxylation sites is 1. The third-order valence-corrected chi connectivity index (χ3v) is 5.33. The lowest BCUT2D eigenvalue weighted by molar-refractivity contribution is 0.0661. The maximum Gasteiger partial charge on any atom is 0.254 e. The van der Waals surface area contributed by atoms with E-state index in [-0.39, 0.29) is 5.91 Å². The van der Waals surface area contributed by atoms with E-state index >= 15 is 0 Å². The molecule has 6 nitrogen and oxygen atoms in total. The van der Waals surface area contributed by atoms with Crippen LogP contribution in [0, 0.1) is 11.8 Å². The summed E-state index contributed by atoms with van der Waals surface area (Å²) >= 11 is 0. The van der Waals surface area contributed by atoms with E-state index in [1.165, 1.54) is 0 Å². The van der Waals surface area contributed by atoms with Crippen LogP contribution in [-0.2, 0) is 13.0 Å². The number of amides is 1. The van der Waals surface area contributed by atoms with Crippen LogP contribution in [0.2, 0.25) is 0 Å². The minimum atomic E-state index is 0.0994. The summed E-state index contributed by atoms with van der Waals surface area (Å²) in [6, 6.07) is 9.67. The summed E-state index contributed by atoms with van der Waals surface area (Å²) in [5, 5.41) is 9.49. The summed E-state index contributed by atoms with van der Waals surface area (Å²) in [5.41, 5.74) is 2.65. The van der Waals surface area contributed by atoms with Crippen molar-refractivity contribution in [3.05, 3.63) is 54.0 Å². The maximum atomic E-state index is 13.2. The molecule has 1 fully saturated rings. The summed E-state index contributed by atoms with van der Waals surface area (Å²) in [5.74, 6) is 1.07. The van der Waals surface area contributed by atoms with E-state index in [2.05, 4.69) is 35.3 Å². The number of nitrogens with zero attached hydrogens (tertiary/aromatic N) is 5. The van der Waals surface area contributed by atoms with Gasteiger partial charge in [-0.2, -0.15) is 0 Å². The first-order valence-electron chi connectivity index (χ1n) is 10.1. The molecule has 1 amide bonds. The Hall–Kier alpha value is -2.76.